The lowest BCUT2D eigenvalue weighted by Gasteiger charge is -2.44. The van der Waals surface area contributed by atoms with Crippen LogP contribution in [0.3, 0.4) is 0 Å². The van der Waals surface area contributed by atoms with Crippen molar-refractivity contribution in [2.24, 2.45) is 29.6 Å². The molecule has 1 N–H and O–H groups in total. The fourth-order valence-electron chi connectivity index (χ4n) is 7.92. The van der Waals surface area contributed by atoms with Gasteiger partial charge in [0.15, 0.2) is 11.5 Å². The highest BCUT2D eigenvalue weighted by molar-refractivity contribution is 9.10. The average molecular weight is 680 g/mol. The Kier molecular flexibility index (Phi) is 7.31. The van der Waals surface area contributed by atoms with E-state index >= 15 is 0 Å². The van der Waals surface area contributed by atoms with Crippen LogP contribution < -0.4 is 14.5 Å². The third-order valence-corrected chi connectivity index (χ3v) is 10.7. The van der Waals surface area contributed by atoms with E-state index in [9.17, 15) is 24.3 Å². The van der Waals surface area contributed by atoms with Gasteiger partial charge in [0.2, 0.25) is 23.6 Å². The molecule has 9 heteroatoms. The number of nitrogens with zero attached hydrogens (tertiary/aromatic N) is 2. The maximum atomic E-state index is 14.3. The molecule has 6 atom stereocenters. The number of ether oxygens (including phenoxy) is 1. The highest BCUT2D eigenvalue weighted by Gasteiger charge is 2.62. The van der Waals surface area contributed by atoms with Crippen molar-refractivity contribution in [3.63, 3.8) is 0 Å². The Morgan fingerprint density at radius 3 is 1.87 bits per heavy atom. The van der Waals surface area contributed by atoms with Crippen LogP contribution in [0.5, 0.6) is 11.5 Å². The molecule has 7 rings (SSSR count). The van der Waals surface area contributed by atoms with Crippen LogP contribution in [-0.2, 0) is 19.2 Å². The number of carbonyl (C=O) groups excluding carboxylic acids is 4. The summed E-state index contributed by atoms with van der Waals surface area (Å²) in [6.07, 6.45) is 5.97. The Labute approximate surface area is 274 Å². The maximum Gasteiger partial charge on any atom is 0.238 e. The number of fused-ring (bicyclic) bond motifs is 4. The second kappa shape index (κ2) is 11.2. The summed E-state index contributed by atoms with van der Waals surface area (Å²) in [7, 11) is 1.44. The Hall–Kier alpha value is -4.76. The van der Waals surface area contributed by atoms with Gasteiger partial charge in [0.1, 0.15) is 0 Å². The van der Waals surface area contributed by atoms with Gasteiger partial charge in [0, 0.05) is 5.92 Å². The number of allylic oxidation sites excluding steroid dienone is 2. The quantitative estimate of drug-likeness (QED) is 0.236. The molecule has 46 heavy (non-hydrogen) atoms. The number of rotatable bonds is 6. The summed E-state index contributed by atoms with van der Waals surface area (Å²) in [4.78, 5) is 59.1. The van der Waals surface area contributed by atoms with E-state index in [4.69, 9.17) is 4.74 Å². The molecule has 0 spiro atoms. The van der Waals surface area contributed by atoms with E-state index in [1.807, 2.05) is 18.2 Å². The number of amides is 4. The summed E-state index contributed by atoms with van der Waals surface area (Å²) in [6, 6.07) is 17.6. The predicted molar refractivity (Wildman–Crippen MR) is 178 cm³/mol. The van der Waals surface area contributed by atoms with Crippen molar-refractivity contribution in [3.05, 3.63) is 107 Å². The van der Waals surface area contributed by atoms with Crippen molar-refractivity contribution in [1.29, 1.82) is 0 Å². The van der Waals surface area contributed by atoms with Crippen LogP contribution in [0.1, 0.15) is 35.4 Å². The number of benzene rings is 3. The minimum atomic E-state index is -0.749. The minimum Gasteiger partial charge on any atom is -0.503 e. The molecule has 2 aliphatic heterocycles. The van der Waals surface area contributed by atoms with Gasteiger partial charge in [0.25, 0.3) is 0 Å². The average Bonchev–Trinajstić information content (AvgIpc) is 3.48. The number of methoxy groups -OCH3 is 1. The molecule has 8 nitrogen and oxygen atoms in total. The fraction of sp³-hybridized carbons (Fsp3) is 0.243. The molecule has 232 valence electrons. The van der Waals surface area contributed by atoms with Crippen molar-refractivity contribution < 1.29 is 29.0 Å². The zero-order chi connectivity index (χ0) is 32.4. The third-order valence-electron chi connectivity index (χ3n) is 10.1. The lowest BCUT2D eigenvalue weighted by molar-refractivity contribution is -0.126. The van der Waals surface area contributed by atoms with Gasteiger partial charge >= 0.3 is 0 Å². The molecule has 3 fully saturated rings. The van der Waals surface area contributed by atoms with Gasteiger partial charge in [-0.25, -0.2) is 0 Å². The highest BCUT2D eigenvalue weighted by atomic mass is 79.9. The van der Waals surface area contributed by atoms with Crippen LogP contribution in [0, 0.1) is 29.6 Å². The minimum absolute atomic E-state index is 0.0831. The van der Waals surface area contributed by atoms with Crippen LogP contribution >= 0.6 is 15.9 Å². The van der Waals surface area contributed by atoms with E-state index in [2.05, 4.69) is 29.1 Å². The fourth-order valence-corrected chi connectivity index (χ4v) is 8.38. The number of halogens is 1. The number of carbonyl (C=O) groups is 4. The smallest absolute Gasteiger partial charge is 0.238 e. The van der Waals surface area contributed by atoms with Crippen molar-refractivity contribution in [1.82, 2.24) is 0 Å². The molecule has 0 bridgehead atoms. The van der Waals surface area contributed by atoms with Crippen LogP contribution in [0.2, 0.25) is 0 Å². The Bertz CT molecular complexity index is 1860. The van der Waals surface area contributed by atoms with E-state index in [0.717, 1.165) is 16.7 Å². The highest BCUT2D eigenvalue weighted by Crippen LogP contribution is 2.59. The molecule has 2 heterocycles. The summed E-state index contributed by atoms with van der Waals surface area (Å²) in [5, 5.41) is 10.6. The summed E-state index contributed by atoms with van der Waals surface area (Å²) in [5.74, 6) is -4.84. The zero-order valence-electron chi connectivity index (χ0n) is 25.1. The maximum absolute atomic E-state index is 14.3. The van der Waals surface area contributed by atoms with E-state index in [1.54, 1.807) is 60.7 Å². The third kappa shape index (κ3) is 4.40. The summed E-state index contributed by atoms with van der Waals surface area (Å²) in [5.41, 5.74) is 4.22. The van der Waals surface area contributed by atoms with E-state index in [1.165, 1.54) is 16.9 Å². The Balaban J connectivity index is 1.34. The molecule has 0 radical (unpaired) electrons. The first kappa shape index (κ1) is 29.9. The molecule has 4 amide bonds. The summed E-state index contributed by atoms with van der Waals surface area (Å²) in [6.45, 7) is 7.56. The van der Waals surface area contributed by atoms with Crippen LogP contribution in [0.25, 0.3) is 12.2 Å². The first-order chi connectivity index (χ1) is 22.2. The largest absolute Gasteiger partial charge is 0.503 e. The molecule has 2 aliphatic carbocycles. The number of phenols is 1. The van der Waals surface area contributed by atoms with Crippen molar-refractivity contribution in [2.45, 2.75) is 18.8 Å². The first-order valence-corrected chi connectivity index (χ1v) is 15.9. The summed E-state index contributed by atoms with van der Waals surface area (Å²) < 4.78 is 5.84. The number of imide groups is 2. The second-order valence-corrected chi connectivity index (χ2v) is 13.0. The second-order valence-electron chi connectivity index (χ2n) is 12.2. The number of hydrogen-bond acceptors (Lipinski definition) is 6. The van der Waals surface area contributed by atoms with Crippen LogP contribution in [0.15, 0.2) is 89.9 Å². The van der Waals surface area contributed by atoms with Gasteiger partial charge in [-0.1, -0.05) is 61.2 Å². The Morgan fingerprint density at radius 2 is 1.33 bits per heavy atom. The van der Waals surface area contributed by atoms with Gasteiger partial charge in [-0.05, 0) is 87.8 Å². The Morgan fingerprint density at radius 1 is 0.783 bits per heavy atom. The van der Waals surface area contributed by atoms with Gasteiger partial charge in [-0.3, -0.25) is 29.0 Å². The van der Waals surface area contributed by atoms with Crippen molar-refractivity contribution >= 4 is 63.1 Å². The normalized spacial score (nSPS) is 26.8. The molecule has 3 aromatic rings. The molecule has 6 unspecified atom stereocenters. The topological polar surface area (TPSA) is 104 Å². The molecule has 0 aromatic heterocycles. The van der Waals surface area contributed by atoms with Gasteiger partial charge in [0.05, 0.1) is 46.6 Å². The SMILES string of the molecule is C=Cc1ccc(N2C(=O)C3CC=C4C(CC5C(=O)N(c6ccc(C=C)cc6)C(=O)C5C4c4cc(Br)c(O)c(OC)c4)C3C2=O)cc1. The number of hydrogen-bond donors (Lipinski definition) is 1. The number of anilines is 2. The van der Waals surface area contributed by atoms with E-state index in [0.29, 0.717) is 27.8 Å². The molecular weight excluding hydrogens is 648 g/mol. The van der Waals surface area contributed by atoms with Crippen LogP contribution in [0.4, 0.5) is 11.4 Å². The van der Waals surface area contributed by atoms with Gasteiger partial charge in [-0.2, -0.15) is 0 Å². The lowest BCUT2D eigenvalue weighted by atomic mass is 9.57. The molecule has 3 aromatic carbocycles. The van der Waals surface area contributed by atoms with Gasteiger partial charge < -0.3 is 9.84 Å². The lowest BCUT2D eigenvalue weighted by Crippen LogP contribution is -2.43. The number of phenolic OH excluding ortho intramolecular Hbond substituents is 1. The van der Waals surface area contributed by atoms with Crippen molar-refractivity contribution in [3.8, 4) is 11.5 Å². The van der Waals surface area contributed by atoms with Crippen LogP contribution in [-0.4, -0.2) is 35.8 Å². The first-order valence-electron chi connectivity index (χ1n) is 15.2. The predicted octanol–water partition coefficient (Wildman–Crippen LogP) is 6.49. The number of aromatic hydroxyl groups is 1. The standard InChI is InChI=1S/C37H31BrN2O6/c1-4-19-6-10-22(11-7-19)39-34(42)25-15-14-24-26(31(25)36(39)44)18-27-32(30(24)21-16-28(38)33(41)29(17-21)46-3)37(45)40(35(27)43)23-12-8-20(5-2)9-13-23/h4-14,16-17,25-27,30-32,41H,1-2,15,18H2,3H3. The van der Waals surface area contributed by atoms with E-state index in [-0.39, 0.29) is 41.5 Å². The van der Waals surface area contributed by atoms with Crippen molar-refractivity contribution in [2.75, 3.05) is 16.9 Å². The molecule has 1 saturated carbocycles. The molecule has 2 saturated heterocycles. The zero-order valence-corrected chi connectivity index (χ0v) is 26.6. The summed E-state index contributed by atoms with van der Waals surface area (Å²) >= 11 is 3.43. The monoisotopic (exact) mass is 678 g/mol. The van der Waals surface area contributed by atoms with E-state index < -0.39 is 35.5 Å². The molecular formula is C37H31BrN2O6. The molecule has 4 aliphatic rings. The van der Waals surface area contributed by atoms with Gasteiger partial charge in [-0.15, -0.1) is 0 Å².